The lowest BCUT2D eigenvalue weighted by Crippen LogP contribution is -2.60. The van der Waals surface area contributed by atoms with Crippen molar-refractivity contribution >= 4 is 23.3 Å². The summed E-state index contributed by atoms with van der Waals surface area (Å²) in [6, 6.07) is 6.14. The zero-order valence-corrected chi connectivity index (χ0v) is 15.0. The third-order valence-electron chi connectivity index (χ3n) is 4.73. The standard InChI is InChI=1S/C18H26ClN3O3/c19-13-7-2-1-6-12(13)18(10-5-9-15(23)16(18)24)22-17(25)14(21)8-3-4-11-20/h1-2,6-7,14-15,23H,3-5,8-11,20-21H2,(H,22,25)/t14-,15+,18+/m0/s1. The number of rotatable bonds is 7. The predicted octanol–water partition coefficient (Wildman–Crippen LogP) is 1.22. The number of unbranched alkanes of at least 4 members (excludes halogenated alkanes) is 1. The van der Waals surface area contributed by atoms with Gasteiger partial charge in [0.05, 0.1) is 6.04 Å². The van der Waals surface area contributed by atoms with E-state index >= 15 is 0 Å². The molecule has 2 rings (SSSR count). The second-order valence-electron chi connectivity index (χ2n) is 6.54. The minimum atomic E-state index is -1.33. The van der Waals surface area contributed by atoms with Crippen LogP contribution in [0.25, 0.3) is 0 Å². The number of aliphatic hydroxyl groups is 1. The van der Waals surface area contributed by atoms with E-state index in [2.05, 4.69) is 5.32 Å². The van der Waals surface area contributed by atoms with E-state index in [4.69, 9.17) is 23.1 Å². The van der Waals surface area contributed by atoms with Crippen LogP contribution >= 0.6 is 11.6 Å². The Morgan fingerprint density at radius 3 is 2.80 bits per heavy atom. The molecule has 0 spiro atoms. The van der Waals surface area contributed by atoms with Gasteiger partial charge in [-0.05, 0) is 44.7 Å². The maximum absolute atomic E-state index is 12.8. The van der Waals surface area contributed by atoms with Gasteiger partial charge in [0.1, 0.15) is 11.6 Å². The lowest BCUT2D eigenvalue weighted by molar-refractivity contribution is -0.142. The van der Waals surface area contributed by atoms with Gasteiger partial charge in [-0.3, -0.25) is 9.59 Å². The van der Waals surface area contributed by atoms with Crippen molar-refractivity contribution in [2.24, 2.45) is 11.5 Å². The number of ketones is 1. The van der Waals surface area contributed by atoms with E-state index < -0.39 is 29.4 Å². The van der Waals surface area contributed by atoms with Crippen LogP contribution in [0.5, 0.6) is 0 Å². The van der Waals surface area contributed by atoms with E-state index in [0.717, 1.165) is 12.8 Å². The number of nitrogens with two attached hydrogens (primary N) is 2. The molecule has 0 aliphatic heterocycles. The zero-order valence-electron chi connectivity index (χ0n) is 14.2. The molecule has 1 saturated carbocycles. The van der Waals surface area contributed by atoms with Crippen molar-refractivity contribution in [3.63, 3.8) is 0 Å². The minimum absolute atomic E-state index is 0.377. The van der Waals surface area contributed by atoms with E-state index in [0.29, 0.717) is 42.8 Å². The van der Waals surface area contributed by atoms with Crippen molar-refractivity contribution < 1.29 is 14.7 Å². The van der Waals surface area contributed by atoms with Crippen molar-refractivity contribution in [1.29, 1.82) is 0 Å². The fourth-order valence-electron chi connectivity index (χ4n) is 3.31. The van der Waals surface area contributed by atoms with Gasteiger partial charge in [-0.25, -0.2) is 0 Å². The SMILES string of the molecule is NCCCC[C@H](N)C(=O)N[C@@]1(c2ccccc2Cl)CCC[C@@H](O)C1=O. The van der Waals surface area contributed by atoms with Gasteiger partial charge >= 0.3 is 0 Å². The lowest BCUT2D eigenvalue weighted by Gasteiger charge is -2.40. The molecule has 1 amide bonds. The average molecular weight is 368 g/mol. The molecule has 0 unspecified atom stereocenters. The number of Topliss-reactive ketones (excluding diaryl/α,β-unsaturated/α-hetero) is 1. The average Bonchev–Trinajstić information content (AvgIpc) is 2.59. The van der Waals surface area contributed by atoms with Crippen LogP contribution in [0, 0.1) is 0 Å². The first-order valence-electron chi connectivity index (χ1n) is 8.67. The number of hydrogen-bond acceptors (Lipinski definition) is 5. The third-order valence-corrected chi connectivity index (χ3v) is 5.06. The Hall–Kier alpha value is -1.47. The molecule has 7 heteroatoms. The van der Waals surface area contributed by atoms with E-state index in [-0.39, 0.29) is 0 Å². The van der Waals surface area contributed by atoms with Crippen LogP contribution in [0.2, 0.25) is 5.02 Å². The van der Waals surface area contributed by atoms with Crippen LogP contribution in [-0.2, 0) is 15.1 Å². The number of carbonyl (C=O) groups is 2. The molecule has 6 nitrogen and oxygen atoms in total. The summed E-state index contributed by atoms with van der Waals surface area (Å²) in [6.45, 7) is 0.544. The van der Waals surface area contributed by atoms with Crippen molar-refractivity contribution in [2.45, 2.75) is 56.2 Å². The van der Waals surface area contributed by atoms with Gasteiger partial charge in [0.2, 0.25) is 5.91 Å². The number of amides is 1. The normalized spacial score (nSPS) is 24.8. The topological polar surface area (TPSA) is 118 Å². The van der Waals surface area contributed by atoms with Crippen LogP contribution < -0.4 is 16.8 Å². The molecule has 1 fully saturated rings. The fourth-order valence-corrected chi connectivity index (χ4v) is 3.61. The molecular weight excluding hydrogens is 342 g/mol. The van der Waals surface area contributed by atoms with E-state index in [1.165, 1.54) is 0 Å². The Balaban J connectivity index is 2.29. The Kier molecular flexibility index (Phi) is 6.95. The third kappa shape index (κ3) is 4.39. The summed E-state index contributed by atoms with van der Waals surface area (Å²) in [4.78, 5) is 25.4. The van der Waals surface area contributed by atoms with Gasteiger partial charge in [0, 0.05) is 10.6 Å². The van der Waals surface area contributed by atoms with Gasteiger partial charge in [-0.15, -0.1) is 0 Å². The molecule has 1 aliphatic rings. The Morgan fingerprint density at radius 2 is 2.12 bits per heavy atom. The minimum Gasteiger partial charge on any atom is -0.385 e. The van der Waals surface area contributed by atoms with Crippen LogP contribution in [0.3, 0.4) is 0 Å². The first kappa shape index (κ1) is 19.8. The molecule has 138 valence electrons. The smallest absolute Gasteiger partial charge is 0.237 e. The predicted molar refractivity (Wildman–Crippen MR) is 97.0 cm³/mol. The number of nitrogens with one attached hydrogen (secondary N) is 1. The summed E-state index contributed by atoms with van der Waals surface area (Å²) < 4.78 is 0. The van der Waals surface area contributed by atoms with Gasteiger partial charge in [-0.1, -0.05) is 36.2 Å². The highest BCUT2D eigenvalue weighted by Crippen LogP contribution is 2.38. The van der Waals surface area contributed by atoms with Crippen LogP contribution in [-0.4, -0.2) is 35.5 Å². The Morgan fingerprint density at radius 1 is 1.40 bits per heavy atom. The summed E-state index contributed by atoms with van der Waals surface area (Å²) in [5.41, 5.74) is 10.6. The molecule has 1 aromatic rings. The van der Waals surface area contributed by atoms with Crippen LogP contribution in [0.1, 0.15) is 44.1 Å². The largest absolute Gasteiger partial charge is 0.385 e. The molecule has 0 bridgehead atoms. The molecule has 3 atom stereocenters. The lowest BCUT2D eigenvalue weighted by atomic mass is 9.74. The van der Waals surface area contributed by atoms with Crippen LogP contribution in [0.4, 0.5) is 0 Å². The van der Waals surface area contributed by atoms with Crippen molar-refractivity contribution in [3.05, 3.63) is 34.9 Å². The molecule has 1 aromatic carbocycles. The molecule has 0 radical (unpaired) electrons. The van der Waals surface area contributed by atoms with E-state index in [1.807, 2.05) is 0 Å². The van der Waals surface area contributed by atoms with Crippen molar-refractivity contribution in [1.82, 2.24) is 5.32 Å². The highest BCUT2D eigenvalue weighted by atomic mass is 35.5. The molecule has 0 heterocycles. The van der Waals surface area contributed by atoms with Gasteiger partial charge in [0.15, 0.2) is 5.78 Å². The highest BCUT2D eigenvalue weighted by molar-refractivity contribution is 6.31. The van der Waals surface area contributed by atoms with E-state index in [9.17, 15) is 14.7 Å². The van der Waals surface area contributed by atoms with Crippen LogP contribution in [0.15, 0.2) is 24.3 Å². The summed E-state index contributed by atoms with van der Waals surface area (Å²) in [5, 5.41) is 13.3. The second kappa shape index (κ2) is 8.76. The monoisotopic (exact) mass is 367 g/mol. The summed E-state index contributed by atoms with van der Waals surface area (Å²) >= 11 is 6.30. The number of carbonyl (C=O) groups excluding carboxylic acids is 2. The molecule has 0 saturated heterocycles. The molecule has 25 heavy (non-hydrogen) atoms. The summed E-state index contributed by atoms with van der Waals surface area (Å²) in [7, 11) is 0. The van der Waals surface area contributed by atoms with Crippen molar-refractivity contribution in [2.75, 3.05) is 6.54 Å². The Labute approximate surface area is 152 Å². The molecule has 6 N–H and O–H groups in total. The number of aliphatic hydroxyl groups excluding tert-OH is 1. The molecule has 0 aromatic heterocycles. The number of halogens is 1. The van der Waals surface area contributed by atoms with Crippen molar-refractivity contribution in [3.8, 4) is 0 Å². The quantitative estimate of drug-likeness (QED) is 0.540. The number of benzene rings is 1. The second-order valence-corrected chi connectivity index (χ2v) is 6.94. The highest BCUT2D eigenvalue weighted by Gasteiger charge is 2.48. The zero-order chi connectivity index (χ0) is 18.4. The molecule has 1 aliphatic carbocycles. The molecular formula is C18H26ClN3O3. The van der Waals surface area contributed by atoms with E-state index in [1.54, 1.807) is 24.3 Å². The fraction of sp³-hybridized carbons (Fsp3) is 0.556. The first-order valence-corrected chi connectivity index (χ1v) is 9.05. The first-order chi connectivity index (χ1) is 11.9. The number of hydrogen-bond donors (Lipinski definition) is 4. The summed E-state index contributed by atoms with van der Waals surface area (Å²) in [5.74, 6) is -0.853. The maximum Gasteiger partial charge on any atom is 0.237 e. The van der Waals surface area contributed by atoms with Gasteiger partial charge in [0.25, 0.3) is 0 Å². The maximum atomic E-state index is 12.8. The van der Waals surface area contributed by atoms with Gasteiger partial charge in [-0.2, -0.15) is 0 Å². The summed E-state index contributed by atoms with van der Waals surface area (Å²) in [6.07, 6.45) is 2.24. The Bertz CT molecular complexity index is 625. The van der Waals surface area contributed by atoms with Gasteiger partial charge < -0.3 is 21.9 Å².